The minimum Gasteiger partial charge on any atom is -0.337 e. The summed E-state index contributed by atoms with van der Waals surface area (Å²) in [5, 5.41) is 1.98. The van der Waals surface area contributed by atoms with E-state index in [2.05, 4.69) is 39.7 Å². The van der Waals surface area contributed by atoms with Crippen LogP contribution in [0.15, 0.2) is 30.2 Å². The first-order chi connectivity index (χ1) is 13.1. The van der Waals surface area contributed by atoms with E-state index in [0.717, 1.165) is 49.7 Å². The van der Waals surface area contributed by atoms with Crippen LogP contribution >= 0.6 is 11.3 Å². The first-order valence-electron chi connectivity index (χ1n) is 9.49. The monoisotopic (exact) mass is 386 g/mol. The van der Waals surface area contributed by atoms with Crippen LogP contribution in [0.2, 0.25) is 0 Å². The number of amides is 1. The van der Waals surface area contributed by atoms with Crippen molar-refractivity contribution in [3.05, 3.63) is 41.7 Å². The van der Waals surface area contributed by atoms with Gasteiger partial charge in [0.05, 0.1) is 0 Å². The fourth-order valence-corrected chi connectivity index (χ4v) is 4.49. The van der Waals surface area contributed by atoms with Crippen LogP contribution in [0.4, 0.5) is 0 Å². The molecule has 1 saturated heterocycles. The number of hydrogen-bond acceptors (Lipinski definition) is 5. The van der Waals surface area contributed by atoms with E-state index < -0.39 is 0 Å². The van der Waals surface area contributed by atoms with Gasteiger partial charge in [0, 0.05) is 55.7 Å². The predicted octanol–water partition coefficient (Wildman–Crippen LogP) is 2.56. The highest BCUT2D eigenvalue weighted by Crippen LogP contribution is 2.27. The number of carbonyl (C=O) groups is 1. The fraction of sp³-hybridized carbons (Fsp3) is 0.526. The van der Waals surface area contributed by atoms with Crippen LogP contribution in [0.3, 0.4) is 0 Å². The van der Waals surface area contributed by atoms with E-state index in [9.17, 15) is 4.79 Å². The van der Waals surface area contributed by atoms with Gasteiger partial charge in [-0.2, -0.15) is 0 Å². The van der Waals surface area contributed by atoms with E-state index in [4.69, 9.17) is 0 Å². The second-order valence-electron chi connectivity index (χ2n) is 7.44. The topological polar surface area (TPSA) is 58.7 Å². The van der Waals surface area contributed by atoms with Crippen molar-refractivity contribution in [3.63, 3.8) is 0 Å². The Morgan fingerprint density at radius 3 is 3.07 bits per heavy atom. The first-order valence-corrected chi connectivity index (χ1v) is 10.4. The Bertz CT molecular complexity index is 882. The average molecular weight is 387 g/mol. The minimum absolute atomic E-state index is 0.0290. The maximum atomic E-state index is 12.9. The van der Waals surface area contributed by atoms with Gasteiger partial charge in [-0.3, -0.25) is 9.20 Å². The molecule has 7 nitrogen and oxygen atoms in total. The van der Waals surface area contributed by atoms with Crippen LogP contribution < -0.4 is 0 Å². The number of hydrogen-bond donors (Lipinski definition) is 0. The third-order valence-electron chi connectivity index (χ3n) is 5.14. The van der Waals surface area contributed by atoms with Gasteiger partial charge in [-0.15, -0.1) is 11.3 Å². The van der Waals surface area contributed by atoms with E-state index in [-0.39, 0.29) is 5.91 Å². The lowest BCUT2D eigenvalue weighted by molar-refractivity contribution is 0.0698. The maximum absolute atomic E-state index is 12.9. The number of carbonyl (C=O) groups excluding carboxylic acids is 1. The van der Waals surface area contributed by atoms with Crippen LogP contribution in [0.25, 0.3) is 4.96 Å². The van der Waals surface area contributed by atoms with Crippen molar-refractivity contribution in [3.8, 4) is 0 Å². The highest BCUT2D eigenvalue weighted by atomic mass is 32.1. The van der Waals surface area contributed by atoms with E-state index in [1.54, 1.807) is 11.3 Å². The zero-order valence-corrected chi connectivity index (χ0v) is 16.7. The second-order valence-corrected chi connectivity index (χ2v) is 8.32. The van der Waals surface area contributed by atoms with Gasteiger partial charge >= 0.3 is 0 Å². The molecule has 27 heavy (non-hydrogen) atoms. The molecule has 1 aliphatic rings. The Morgan fingerprint density at radius 2 is 2.26 bits per heavy atom. The summed E-state index contributed by atoms with van der Waals surface area (Å²) in [4.78, 5) is 27.0. The number of aryl methyl sites for hydroxylation is 1. The summed E-state index contributed by atoms with van der Waals surface area (Å²) in [7, 11) is 4.19. The van der Waals surface area contributed by atoms with Crippen LogP contribution in [0.1, 0.15) is 41.5 Å². The smallest absolute Gasteiger partial charge is 0.274 e. The number of thiazole rings is 1. The standard InChI is InChI=1S/C19H26N6OS/c1-22(2)7-4-9-23-10-6-20-17(23)15-5-3-8-24(13-15)18(26)16-14-25-11-12-27-19(25)21-16/h6,10-12,14-15H,3-5,7-9,13H2,1-2H3/t15-/m1/s1. The molecule has 3 aromatic rings. The van der Waals surface area contributed by atoms with Gasteiger partial charge in [-0.05, 0) is 39.9 Å². The number of likely N-dealkylation sites (tertiary alicyclic amines) is 1. The molecule has 0 aliphatic carbocycles. The van der Waals surface area contributed by atoms with Crippen molar-refractivity contribution in [2.75, 3.05) is 33.7 Å². The number of nitrogens with zero attached hydrogens (tertiary/aromatic N) is 6. The normalized spacial score (nSPS) is 17.9. The lowest BCUT2D eigenvalue weighted by atomic mass is 9.96. The summed E-state index contributed by atoms with van der Waals surface area (Å²) in [5.41, 5.74) is 0.539. The molecule has 0 unspecified atom stereocenters. The summed E-state index contributed by atoms with van der Waals surface area (Å²) in [5.74, 6) is 1.43. The molecule has 3 aromatic heterocycles. The molecule has 0 radical (unpaired) electrons. The summed E-state index contributed by atoms with van der Waals surface area (Å²) >= 11 is 1.55. The molecule has 0 aromatic carbocycles. The predicted molar refractivity (Wildman–Crippen MR) is 106 cm³/mol. The highest BCUT2D eigenvalue weighted by molar-refractivity contribution is 7.15. The Morgan fingerprint density at radius 1 is 1.37 bits per heavy atom. The van der Waals surface area contributed by atoms with Crippen molar-refractivity contribution < 1.29 is 4.79 Å². The van der Waals surface area contributed by atoms with E-state index >= 15 is 0 Å². The van der Waals surface area contributed by atoms with Gasteiger partial charge in [0.2, 0.25) is 0 Å². The molecule has 1 atom stereocenters. The van der Waals surface area contributed by atoms with Crippen LogP contribution in [0.5, 0.6) is 0 Å². The number of aromatic nitrogens is 4. The lowest BCUT2D eigenvalue weighted by Crippen LogP contribution is -2.40. The zero-order valence-electron chi connectivity index (χ0n) is 15.9. The second kappa shape index (κ2) is 7.82. The number of rotatable bonds is 6. The summed E-state index contributed by atoms with van der Waals surface area (Å²) in [6.07, 6.45) is 10.9. The van der Waals surface area contributed by atoms with Gasteiger partial charge in [-0.25, -0.2) is 9.97 Å². The van der Waals surface area contributed by atoms with Crippen molar-refractivity contribution in [2.24, 2.45) is 0 Å². The molecule has 1 aliphatic heterocycles. The molecule has 144 valence electrons. The number of piperidine rings is 1. The molecule has 0 bridgehead atoms. The van der Waals surface area contributed by atoms with Gasteiger partial charge in [0.25, 0.3) is 5.91 Å². The van der Waals surface area contributed by atoms with Crippen molar-refractivity contribution in [1.82, 2.24) is 28.7 Å². The minimum atomic E-state index is 0.0290. The molecular weight excluding hydrogens is 360 g/mol. The van der Waals surface area contributed by atoms with E-state index in [1.807, 2.05) is 33.3 Å². The van der Waals surface area contributed by atoms with Gasteiger partial charge < -0.3 is 14.4 Å². The number of imidazole rings is 2. The molecule has 1 amide bonds. The van der Waals surface area contributed by atoms with Crippen molar-refractivity contribution >= 4 is 22.2 Å². The molecule has 8 heteroatoms. The maximum Gasteiger partial charge on any atom is 0.274 e. The number of fused-ring (bicyclic) bond motifs is 1. The molecule has 0 saturated carbocycles. The van der Waals surface area contributed by atoms with Gasteiger partial charge in [0.15, 0.2) is 4.96 Å². The fourth-order valence-electron chi connectivity index (χ4n) is 3.79. The van der Waals surface area contributed by atoms with Crippen molar-refractivity contribution in [1.29, 1.82) is 0 Å². The summed E-state index contributed by atoms with van der Waals surface area (Å²) in [6.45, 7) is 3.54. The summed E-state index contributed by atoms with van der Waals surface area (Å²) < 4.78 is 4.17. The molecule has 1 fully saturated rings. The molecule has 0 spiro atoms. The summed E-state index contributed by atoms with van der Waals surface area (Å²) in [6, 6.07) is 0. The van der Waals surface area contributed by atoms with Crippen LogP contribution in [0, 0.1) is 0 Å². The Labute approximate surface area is 163 Å². The SMILES string of the molecule is CN(C)CCCn1ccnc1[C@@H]1CCCN(C(=O)c2cn3ccsc3n2)C1. The molecule has 0 N–H and O–H groups in total. The molecular formula is C19H26N6OS. The Hall–Kier alpha value is -2.19. The van der Waals surface area contributed by atoms with Gasteiger partial charge in [-0.1, -0.05) is 0 Å². The average Bonchev–Trinajstić information content (AvgIpc) is 3.36. The van der Waals surface area contributed by atoms with E-state index in [0.29, 0.717) is 18.2 Å². The van der Waals surface area contributed by atoms with Crippen LogP contribution in [-0.2, 0) is 6.54 Å². The molecule has 4 heterocycles. The quantitative estimate of drug-likeness (QED) is 0.653. The third-order valence-corrected chi connectivity index (χ3v) is 5.91. The Balaban J connectivity index is 1.44. The van der Waals surface area contributed by atoms with Gasteiger partial charge in [0.1, 0.15) is 11.5 Å². The largest absolute Gasteiger partial charge is 0.337 e. The van der Waals surface area contributed by atoms with Crippen molar-refractivity contribution in [2.45, 2.75) is 31.7 Å². The Kier molecular flexibility index (Phi) is 5.27. The zero-order chi connectivity index (χ0) is 18.8. The van der Waals surface area contributed by atoms with Crippen LogP contribution in [-0.4, -0.2) is 68.4 Å². The third kappa shape index (κ3) is 3.91. The first kappa shape index (κ1) is 18.2. The lowest BCUT2D eigenvalue weighted by Gasteiger charge is -2.32. The van der Waals surface area contributed by atoms with E-state index in [1.165, 1.54) is 0 Å². The molecule has 4 rings (SSSR count). The highest BCUT2D eigenvalue weighted by Gasteiger charge is 2.29.